The van der Waals surface area contributed by atoms with Crippen molar-refractivity contribution in [3.05, 3.63) is 28.2 Å². The third-order valence-electron chi connectivity index (χ3n) is 5.21. The topological polar surface area (TPSA) is 20.3 Å². The van der Waals surface area contributed by atoms with E-state index in [1.807, 2.05) is 6.07 Å². The molecule has 0 N–H and O–H groups in total. The minimum absolute atomic E-state index is 0.648. The Balaban J connectivity index is 1.68. The second kappa shape index (κ2) is 5.88. The SMILES string of the molecule is O=Cc1ccc(N2CCC3(CCCCC3)CC2)cc1Br. The molecule has 1 aromatic carbocycles. The van der Waals surface area contributed by atoms with Gasteiger partial charge in [-0.05, 0) is 65.2 Å². The van der Waals surface area contributed by atoms with Gasteiger partial charge in [0, 0.05) is 28.8 Å². The minimum Gasteiger partial charge on any atom is -0.371 e. The van der Waals surface area contributed by atoms with Crippen molar-refractivity contribution in [2.45, 2.75) is 44.9 Å². The van der Waals surface area contributed by atoms with Crippen LogP contribution in [0, 0.1) is 5.41 Å². The fraction of sp³-hybridized carbons (Fsp3) is 0.588. The highest BCUT2D eigenvalue weighted by atomic mass is 79.9. The molecular weight excluding hydrogens is 314 g/mol. The highest BCUT2D eigenvalue weighted by Gasteiger charge is 2.35. The van der Waals surface area contributed by atoms with Crippen molar-refractivity contribution >= 4 is 27.9 Å². The number of halogens is 1. The lowest BCUT2D eigenvalue weighted by Crippen LogP contribution is -2.41. The molecule has 1 aliphatic carbocycles. The van der Waals surface area contributed by atoms with Crippen molar-refractivity contribution in [2.75, 3.05) is 18.0 Å². The van der Waals surface area contributed by atoms with Crippen molar-refractivity contribution in [1.29, 1.82) is 0 Å². The molecule has 1 spiro atoms. The van der Waals surface area contributed by atoms with Gasteiger partial charge in [-0.2, -0.15) is 0 Å². The Bertz CT molecular complexity index is 484. The van der Waals surface area contributed by atoms with E-state index in [1.165, 1.54) is 50.6 Å². The Kier molecular flexibility index (Phi) is 4.16. The summed E-state index contributed by atoms with van der Waals surface area (Å²) in [6.45, 7) is 2.32. The van der Waals surface area contributed by atoms with Crippen molar-refractivity contribution < 1.29 is 4.79 Å². The largest absolute Gasteiger partial charge is 0.371 e. The minimum atomic E-state index is 0.648. The molecule has 0 radical (unpaired) electrons. The molecule has 1 aromatic rings. The summed E-state index contributed by atoms with van der Waals surface area (Å²) >= 11 is 3.49. The average Bonchev–Trinajstić information content (AvgIpc) is 2.49. The van der Waals surface area contributed by atoms with Gasteiger partial charge in [0.15, 0.2) is 6.29 Å². The van der Waals surface area contributed by atoms with E-state index in [9.17, 15) is 4.79 Å². The molecule has 20 heavy (non-hydrogen) atoms. The number of anilines is 1. The van der Waals surface area contributed by atoms with Gasteiger partial charge in [0.2, 0.25) is 0 Å². The lowest BCUT2D eigenvalue weighted by Gasteiger charge is -2.45. The van der Waals surface area contributed by atoms with E-state index in [-0.39, 0.29) is 0 Å². The van der Waals surface area contributed by atoms with Crippen LogP contribution in [0.3, 0.4) is 0 Å². The van der Waals surface area contributed by atoms with Gasteiger partial charge in [-0.3, -0.25) is 4.79 Å². The molecule has 2 fully saturated rings. The normalized spacial score (nSPS) is 21.9. The van der Waals surface area contributed by atoms with Crippen LogP contribution in [0.15, 0.2) is 22.7 Å². The fourth-order valence-electron chi connectivity index (χ4n) is 3.85. The van der Waals surface area contributed by atoms with Crippen molar-refractivity contribution in [3.8, 4) is 0 Å². The molecule has 1 aliphatic heterocycles. The molecular formula is C17H22BrNO. The first kappa shape index (κ1) is 14.1. The summed E-state index contributed by atoms with van der Waals surface area (Å²) in [5, 5.41) is 0. The smallest absolute Gasteiger partial charge is 0.151 e. The molecule has 2 aliphatic rings. The molecule has 0 aromatic heterocycles. The van der Waals surface area contributed by atoms with E-state index >= 15 is 0 Å². The van der Waals surface area contributed by atoms with Crippen LogP contribution in [0.25, 0.3) is 0 Å². The van der Waals surface area contributed by atoms with Gasteiger partial charge in [0.1, 0.15) is 0 Å². The Morgan fingerprint density at radius 2 is 1.75 bits per heavy atom. The zero-order valence-electron chi connectivity index (χ0n) is 11.9. The van der Waals surface area contributed by atoms with E-state index in [1.54, 1.807) is 0 Å². The molecule has 2 nitrogen and oxygen atoms in total. The number of aldehydes is 1. The van der Waals surface area contributed by atoms with Crippen LogP contribution in [0.5, 0.6) is 0 Å². The maximum absolute atomic E-state index is 10.9. The summed E-state index contributed by atoms with van der Waals surface area (Å²) < 4.78 is 0.906. The van der Waals surface area contributed by atoms with Crippen LogP contribution in [0.4, 0.5) is 5.69 Å². The van der Waals surface area contributed by atoms with Crippen molar-refractivity contribution in [3.63, 3.8) is 0 Å². The van der Waals surface area contributed by atoms with Crippen LogP contribution in [0.2, 0.25) is 0 Å². The second-order valence-corrected chi connectivity index (χ2v) is 7.23. The van der Waals surface area contributed by atoms with Gasteiger partial charge in [0.05, 0.1) is 0 Å². The molecule has 3 heteroatoms. The molecule has 1 saturated heterocycles. The standard InChI is InChI=1S/C17H22BrNO/c18-16-12-15(5-4-14(16)13-20)19-10-8-17(9-11-19)6-2-1-3-7-17/h4-5,12-13H,1-3,6-11H2. The summed E-state index contributed by atoms with van der Waals surface area (Å²) in [4.78, 5) is 13.3. The van der Waals surface area contributed by atoms with Crippen LogP contribution >= 0.6 is 15.9 Å². The molecule has 0 unspecified atom stereocenters. The van der Waals surface area contributed by atoms with Gasteiger partial charge < -0.3 is 4.90 Å². The maximum atomic E-state index is 10.9. The first-order chi connectivity index (χ1) is 9.72. The van der Waals surface area contributed by atoms with Crippen LogP contribution in [0.1, 0.15) is 55.3 Å². The monoisotopic (exact) mass is 335 g/mol. The first-order valence-corrected chi connectivity index (χ1v) is 8.51. The Hall–Kier alpha value is -0.830. The summed E-state index contributed by atoms with van der Waals surface area (Å²) in [5.41, 5.74) is 2.62. The van der Waals surface area contributed by atoms with Gasteiger partial charge in [-0.25, -0.2) is 0 Å². The van der Waals surface area contributed by atoms with Crippen LogP contribution in [-0.4, -0.2) is 19.4 Å². The molecule has 0 bridgehead atoms. The fourth-order valence-corrected chi connectivity index (χ4v) is 4.31. The predicted octanol–water partition coefficient (Wildman–Crippen LogP) is 4.81. The number of piperidine rings is 1. The van der Waals surface area contributed by atoms with Crippen molar-refractivity contribution in [2.24, 2.45) is 5.41 Å². The average molecular weight is 336 g/mol. The van der Waals surface area contributed by atoms with E-state index in [4.69, 9.17) is 0 Å². The first-order valence-electron chi connectivity index (χ1n) is 7.72. The van der Waals surface area contributed by atoms with Crippen LogP contribution in [-0.2, 0) is 0 Å². The summed E-state index contributed by atoms with van der Waals surface area (Å²) in [6.07, 6.45) is 10.7. The highest BCUT2D eigenvalue weighted by Crippen LogP contribution is 2.45. The zero-order chi connectivity index (χ0) is 14.0. The van der Waals surface area contributed by atoms with Gasteiger partial charge in [0.25, 0.3) is 0 Å². The summed E-state index contributed by atoms with van der Waals surface area (Å²) in [6, 6.07) is 6.08. The van der Waals surface area contributed by atoms with Crippen molar-refractivity contribution in [1.82, 2.24) is 0 Å². The number of rotatable bonds is 2. The lowest BCUT2D eigenvalue weighted by atomic mass is 9.68. The zero-order valence-corrected chi connectivity index (χ0v) is 13.5. The molecule has 3 rings (SSSR count). The summed E-state index contributed by atoms with van der Waals surface area (Å²) in [5.74, 6) is 0. The molecule has 0 atom stereocenters. The van der Waals surface area contributed by atoms with Gasteiger partial charge in [-0.15, -0.1) is 0 Å². The number of hydrogen-bond donors (Lipinski definition) is 0. The Morgan fingerprint density at radius 1 is 1.05 bits per heavy atom. The number of carbonyl (C=O) groups excluding carboxylic acids is 1. The molecule has 1 saturated carbocycles. The van der Waals surface area contributed by atoms with E-state index in [0.717, 1.165) is 29.4 Å². The lowest BCUT2D eigenvalue weighted by molar-refractivity contribution is 0.112. The Morgan fingerprint density at radius 3 is 2.35 bits per heavy atom. The number of hydrogen-bond acceptors (Lipinski definition) is 2. The summed E-state index contributed by atoms with van der Waals surface area (Å²) in [7, 11) is 0. The molecule has 108 valence electrons. The van der Waals surface area contributed by atoms with E-state index < -0.39 is 0 Å². The molecule has 1 heterocycles. The molecule has 0 amide bonds. The number of nitrogens with zero attached hydrogens (tertiary/aromatic N) is 1. The van der Waals surface area contributed by atoms with Gasteiger partial charge in [-0.1, -0.05) is 19.3 Å². The quantitative estimate of drug-likeness (QED) is 0.722. The number of carbonyl (C=O) groups is 1. The maximum Gasteiger partial charge on any atom is 0.151 e. The van der Waals surface area contributed by atoms with Gasteiger partial charge >= 0.3 is 0 Å². The van der Waals surface area contributed by atoms with E-state index in [2.05, 4.69) is 33.0 Å². The number of benzene rings is 1. The second-order valence-electron chi connectivity index (χ2n) is 6.37. The van der Waals surface area contributed by atoms with Crippen LogP contribution < -0.4 is 4.90 Å². The third-order valence-corrected chi connectivity index (χ3v) is 5.90. The predicted molar refractivity (Wildman–Crippen MR) is 86.5 cm³/mol. The Labute approximate surface area is 129 Å². The third kappa shape index (κ3) is 2.78. The van der Waals surface area contributed by atoms with E-state index in [0.29, 0.717) is 5.41 Å². The highest BCUT2D eigenvalue weighted by molar-refractivity contribution is 9.10.